The summed E-state index contributed by atoms with van der Waals surface area (Å²) in [5.74, 6) is 0.248. The van der Waals surface area contributed by atoms with Crippen LogP contribution < -0.4 is 10.6 Å². The predicted octanol–water partition coefficient (Wildman–Crippen LogP) is -0.441. The highest BCUT2D eigenvalue weighted by atomic mass is 16.2. The summed E-state index contributed by atoms with van der Waals surface area (Å²) in [6, 6.07) is 0.0462. The average molecular weight is 197 g/mol. The summed E-state index contributed by atoms with van der Waals surface area (Å²) in [5.41, 5.74) is 0.117. The van der Waals surface area contributed by atoms with Gasteiger partial charge in [0.25, 0.3) is 0 Å². The molecular weight excluding hydrogens is 178 g/mol. The van der Waals surface area contributed by atoms with Crippen molar-refractivity contribution in [3.8, 4) is 0 Å². The van der Waals surface area contributed by atoms with E-state index in [9.17, 15) is 4.79 Å². The van der Waals surface area contributed by atoms with Gasteiger partial charge in [0.15, 0.2) is 0 Å². The molecule has 2 atom stereocenters. The van der Waals surface area contributed by atoms with E-state index in [1.54, 1.807) is 0 Å². The monoisotopic (exact) mass is 197 g/mol. The van der Waals surface area contributed by atoms with E-state index in [-0.39, 0.29) is 17.5 Å². The van der Waals surface area contributed by atoms with Gasteiger partial charge >= 0.3 is 0 Å². The number of carbonyl (C=O) groups excluding carboxylic acids is 1. The van der Waals surface area contributed by atoms with Crippen LogP contribution in [0.4, 0.5) is 0 Å². The number of rotatable bonds is 2. The molecule has 4 nitrogen and oxygen atoms in total. The molecule has 1 amide bonds. The van der Waals surface area contributed by atoms with Crippen molar-refractivity contribution >= 4 is 5.91 Å². The first kappa shape index (κ1) is 9.93. The van der Waals surface area contributed by atoms with Crippen LogP contribution in [-0.2, 0) is 4.79 Å². The third-order valence-corrected chi connectivity index (χ3v) is 3.32. The predicted molar refractivity (Wildman–Crippen MR) is 55.1 cm³/mol. The van der Waals surface area contributed by atoms with E-state index in [1.165, 1.54) is 0 Å². The summed E-state index contributed by atoms with van der Waals surface area (Å²) in [6.07, 6.45) is 2.06. The van der Waals surface area contributed by atoms with Crippen molar-refractivity contribution in [2.75, 3.05) is 26.7 Å². The number of amides is 1. The van der Waals surface area contributed by atoms with Gasteiger partial charge in [-0.05, 0) is 26.3 Å². The van der Waals surface area contributed by atoms with Crippen LogP contribution in [0.3, 0.4) is 0 Å². The Kier molecular flexibility index (Phi) is 2.49. The molecule has 2 saturated heterocycles. The summed E-state index contributed by atoms with van der Waals surface area (Å²) >= 11 is 0. The summed E-state index contributed by atoms with van der Waals surface area (Å²) in [5, 5.41) is 6.81. The van der Waals surface area contributed by atoms with E-state index in [0.717, 1.165) is 32.5 Å². The highest BCUT2D eigenvalue weighted by Crippen LogP contribution is 2.18. The third kappa shape index (κ3) is 1.77. The molecule has 0 radical (unpaired) electrons. The SMILES string of the molecule is CN1CCC(NC2(C)CCNC2)C1=O. The van der Waals surface area contributed by atoms with E-state index in [1.807, 2.05) is 11.9 Å². The molecule has 14 heavy (non-hydrogen) atoms. The smallest absolute Gasteiger partial charge is 0.239 e. The Hall–Kier alpha value is -0.610. The maximum Gasteiger partial charge on any atom is 0.239 e. The number of nitrogens with zero attached hydrogens (tertiary/aromatic N) is 1. The number of likely N-dealkylation sites (N-methyl/N-ethyl adjacent to an activating group) is 1. The Morgan fingerprint density at radius 3 is 2.93 bits per heavy atom. The van der Waals surface area contributed by atoms with Crippen molar-refractivity contribution in [1.82, 2.24) is 15.5 Å². The molecule has 0 aromatic heterocycles. The average Bonchev–Trinajstić information content (AvgIpc) is 2.68. The normalized spacial score (nSPS) is 38.3. The molecular formula is C10H19N3O. The van der Waals surface area contributed by atoms with Gasteiger partial charge in [0.2, 0.25) is 5.91 Å². The lowest BCUT2D eigenvalue weighted by Crippen LogP contribution is -2.52. The zero-order valence-electron chi connectivity index (χ0n) is 8.97. The van der Waals surface area contributed by atoms with E-state index in [2.05, 4.69) is 17.6 Å². The second-order valence-electron chi connectivity index (χ2n) is 4.73. The first-order valence-electron chi connectivity index (χ1n) is 5.34. The molecule has 2 heterocycles. The molecule has 0 aliphatic carbocycles. The number of likely N-dealkylation sites (tertiary alicyclic amines) is 1. The number of carbonyl (C=O) groups is 1. The Morgan fingerprint density at radius 1 is 1.64 bits per heavy atom. The van der Waals surface area contributed by atoms with E-state index < -0.39 is 0 Å². The largest absolute Gasteiger partial charge is 0.344 e. The Balaban J connectivity index is 1.94. The van der Waals surface area contributed by atoms with Crippen LogP contribution in [0, 0.1) is 0 Å². The van der Waals surface area contributed by atoms with E-state index >= 15 is 0 Å². The maximum atomic E-state index is 11.7. The van der Waals surface area contributed by atoms with Gasteiger partial charge in [-0.1, -0.05) is 0 Å². The fourth-order valence-electron chi connectivity index (χ4n) is 2.32. The van der Waals surface area contributed by atoms with Crippen molar-refractivity contribution in [2.45, 2.75) is 31.3 Å². The minimum absolute atomic E-state index is 0.0462. The topological polar surface area (TPSA) is 44.4 Å². The van der Waals surface area contributed by atoms with Crippen molar-refractivity contribution in [3.05, 3.63) is 0 Å². The zero-order chi connectivity index (χ0) is 10.2. The lowest BCUT2D eigenvalue weighted by Gasteiger charge is -2.27. The van der Waals surface area contributed by atoms with Gasteiger partial charge in [0.05, 0.1) is 6.04 Å². The summed E-state index contributed by atoms with van der Waals surface area (Å²) in [6.45, 7) is 5.11. The number of nitrogens with one attached hydrogen (secondary N) is 2. The van der Waals surface area contributed by atoms with Crippen molar-refractivity contribution in [3.63, 3.8) is 0 Å². The molecule has 2 rings (SSSR count). The minimum Gasteiger partial charge on any atom is -0.344 e. The van der Waals surface area contributed by atoms with E-state index in [0.29, 0.717) is 0 Å². The highest BCUT2D eigenvalue weighted by molar-refractivity contribution is 5.83. The zero-order valence-corrected chi connectivity index (χ0v) is 8.97. The lowest BCUT2D eigenvalue weighted by molar-refractivity contribution is -0.128. The van der Waals surface area contributed by atoms with E-state index in [4.69, 9.17) is 0 Å². The van der Waals surface area contributed by atoms with Crippen LogP contribution >= 0.6 is 0 Å². The molecule has 4 heteroatoms. The standard InChI is InChI=1S/C10H19N3O/c1-10(4-5-11-7-10)12-8-3-6-13(2)9(8)14/h8,11-12H,3-7H2,1-2H3. The van der Waals surface area contributed by atoms with Gasteiger partial charge < -0.3 is 10.2 Å². The molecule has 0 saturated carbocycles. The molecule has 0 spiro atoms. The summed E-state index contributed by atoms with van der Waals surface area (Å²) in [7, 11) is 1.87. The molecule has 2 aliphatic heterocycles. The van der Waals surface area contributed by atoms with Gasteiger partial charge in [0.1, 0.15) is 0 Å². The minimum atomic E-state index is 0.0462. The third-order valence-electron chi connectivity index (χ3n) is 3.32. The highest BCUT2D eigenvalue weighted by Gasteiger charge is 2.36. The summed E-state index contributed by atoms with van der Waals surface area (Å²) in [4.78, 5) is 13.5. The molecule has 2 unspecified atom stereocenters. The van der Waals surface area contributed by atoms with Crippen molar-refractivity contribution in [1.29, 1.82) is 0 Å². The second kappa shape index (κ2) is 3.51. The Bertz CT molecular complexity index is 236. The van der Waals surface area contributed by atoms with Gasteiger partial charge in [-0.15, -0.1) is 0 Å². The van der Waals surface area contributed by atoms with Crippen LogP contribution in [0.25, 0.3) is 0 Å². The molecule has 2 aliphatic rings. The Morgan fingerprint density at radius 2 is 2.43 bits per heavy atom. The van der Waals surface area contributed by atoms with Crippen molar-refractivity contribution in [2.24, 2.45) is 0 Å². The van der Waals surface area contributed by atoms with Gasteiger partial charge in [0, 0.05) is 25.7 Å². The van der Waals surface area contributed by atoms with Crippen LogP contribution in [0.1, 0.15) is 19.8 Å². The first-order chi connectivity index (χ1) is 6.61. The fraction of sp³-hybridized carbons (Fsp3) is 0.900. The maximum absolute atomic E-state index is 11.7. The van der Waals surface area contributed by atoms with Crippen LogP contribution in [0.5, 0.6) is 0 Å². The lowest BCUT2D eigenvalue weighted by atomic mass is 10.00. The van der Waals surface area contributed by atoms with Gasteiger partial charge in [-0.2, -0.15) is 0 Å². The first-order valence-corrected chi connectivity index (χ1v) is 5.34. The molecule has 0 bridgehead atoms. The second-order valence-corrected chi connectivity index (χ2v) is 4.73. The quantitative estimate of drug-likeness (QED) is 0.631. The van der Waals surface area contributed by atoms with Crippen LogP contribution in [-0.4, -0.2) is 49.1 Å². The molecule has 0 aromatic carbocycles. The Labute approximate surface area is 85.0 Å². The van der Waals surface area contributed by atoms with Crippen molar-refractivity contribution < 1.29 is 4.79 Å². The van der Waals surface area contributed by atoms with Gasteiger partial charge in [-0.3, -0.25) is 10.1 Å². The summed E-state index contributed by atoms with van der Waals surface area (Å²) < 4.78 is 0. The van der Waals surface area contributed by atoms with Crippen LogP contribution in [0.15, 0.2) is 0 Å². The molecule has 2 fully saturated rings. The molecule has 0 aromatic rings. The fourth-order valence-corrected chi connectivity index (χ4v) is 2.32. The molecule has 2 N–H and O–H groups in total. The number of hydrogen-bond donors (Lipinski definition) is 2. The van der Waals surface area contributed by atoms with Crippen LogP contribution in [0.2, 0.25) is 0 Å². The van der Waals surface area contributed by atoms with Gasteiger partial charge in [-0.25, -0.2) is 0 Å². The number of hydrogen-bond acceptors (Lipinski definition) is 3. The molecule has 80 valence electrons.